The van der Waals surface area contributed by atoms with Gasteiger partial charge in [-0.15, -0.1) is 0 Å². The third-order valence-corrected chi connectivity index (χ3v) is 2.60. The van der Waals surface area contributed by atoms with Gasteiger partial charge in [-0.1, -0.05) is 0 Å². The molecule has 1 aromatic rings. The molecule has 0 N–H and O–H groups in total. The number of aromatic nitrogens is 1. The van der Waals surface area contributed by atoms with E-state index in [0.29, 0.717) is 13.2 Å². The van der Waals surface area contributed by atoms with Crippen LogP contribution in [0.5, 0.6) is 5.88 Å². The summed E-state index contributed by atoms with van der Waals surface area (Å²) in [6, 6.07) is 2.77. The van der Waals surface area contributed by atoms with Gasteiger partial charge in [-0.2, -0.15) is 8.42 Å². The molecular weight excluding hydrogens is 286 g/mol. The van der Waals surface area contributed by atoms with Crippen LogP contribution in [-0.4, -0.2) is 38.7 Å². The van der Waals surface area contributed by atoms with E-state index in [-0.39, 0.29) is 11.7 Å². The van der Waals surface area contributed by atoms with Crippen molar-refractivity contribution in [1.82, 2.24) is 4.98 Å². The van der Waals surface area contributed by atoms with Crippen LogP contribution in [0.25, 0.3) is 0 Å². The highest BCUT2D eigenvalue weighted by atomic mass is 35.7. The van der Waals surface area contributed by atoms with E-state index in [1.54, 1.807) is 0 Å². The summed E-state index contributed by atoms with van der Waals surface area (Å²) in [5, 5.41) is 0. The van der Waals surface area contributed by atoms with Gasteiger partial charge < -0.3 is 13.7 Å². The molecule has 0 radical (unpaired) electrons. The summed E-state index contributed by atoms with van der Waals surface area (Å²) in [7, 11) is 0.650. The standard InChI is InChI=1S/C9H8ClNO6S/c10-18(13,14)17-8-7(2-1-3-11-8)9(12)16-6-4-15-5-6/h1-3,6H,4-5H2. The molecule has 1 aliphatic rings. The Kier molecular flexibility index (Phi) is 3.69. The molecule has 0 unspecified atom stereocenters. The van der Waals surface area contributed by atoms with Crippen molar-refractivity contribution in [3.8, 4) is 5.88 Å². The minimum atomic E-state index is -4.28. The van der Waals surface area contributed by atoms with E-state index in [1.165, 1.54) is 18.3 Å². The Morgan fingerprint density at radius 2 is 2.22 bits per heavy atom. The summed E-state index contributed by atoms with van der Waals surface area (Å²) in [4.78, 5) is 15.3. The number of hydrogen-bond donors (Lipinski definition) is 0. The molecule has 0 aliphatic carbocycles. The second kappa shape index (κ2) is 5.09. The summed E-state index contributed by atoms with van der Waals surface area (Å²) < 4.78 is 35.8. The van der Waals surface area contributed by atoms with Gasteiger partial charge in [-0.25, -0.2) is 9.78 Å². The summed E-state index contributed by atoms with van der Waals surface area (Å²) in [5.74, 6) is -1.16. The van der Waals surface area contributed by atoms with Gasteiger partial charge in [0.25, 0.3) is 0 Å². The van der Waals surface area contributed by atoms with E-state index in [4.69, 9.17) is 20.2 Å². The predicted molar refractivity (Wildman–Crippen MR) is 59.7 cm³/mol. The Hall–Kier alpha value is -1.38. The van der Waals surface area contributed by atoms with E-state index >= 15 is 0 Å². The van der Waals surface area contributed by atoms with E-state index in [0.717, 1.165) is 0 Å². The largest absolute Gasteiger partial charge is 0.454 e. The Morgan fingerprint density at radius 3 is 2.78 bits per heavy atom. The second-order valence-electron chi connectivity index (χ2n) is 3.40. The van der Waals surface area contributed by atoms with Crippen molar-refractivity contribution >= 4 is 26.0 Å². The third-order valence-electron chi connectivity index (χ3n) is 2.05. The first kappa shape index (κ1) is 13.1. The molecule has 2 heterocycles. The molecule has 0 atom stereocenters. The van der Waals surface area contributed by atoms with Gasteiger partial charge in [0.2, 0.25) is 5.88 Å². The number of pyridine rings is 1. The van der Waals surface area contributed by atoms with Crippen LogP contribution >= 0.6 is 10.7 Å². The number of ether oxygens (including phenoxy) is 2. The number of nitrogens with zero attached hydrogens (tertiary/aromatic N) is 1. The lowest BCUT2D eigenvalue weighted by atomic mass is 10.2. The zero-order valence-electron chi connectivity index (χ0n) is 8.91. The number of halogens is 1. The topological polar surface area (TPSA) is 91.8 Å². The molecule has 0 bridgehead atoms. The van der Waals surface area contributed by atoms with E-state index in [2.05, 4.69) is 9.17 Å². The fourth-order valence-electron chi connectivity index (χ4n) is 1.20. The van der Waals surface area contributed by atoms with E-state index in [1.807, 2.05) is 0 Å². The first-order chi connectivity index (χ1) is 8.46. The predicted octanol–water partition coefficient (Wildman–Crippen LogP) is 0.500. The summed E-state index contributed by atoms with van der Waals surface area (Å²) >= 11 is 0. The Morgan fingerprint density at radius 1 is 1.50 bits per heavy atom. The van der Waals surface area contributed by atoms with Crippen LogP contribution in [0, 0.1) is 0 Å². The summed E-state index contributed by atoms with van der Waals surface area (Å²) in [5.41, 5.74) is -0.117. The minimum Gasteiger partial charge on any atom is -0.454 e. The van der Waals surface area contributed by atoms with Crippen LogP contribution in [0.3, 0.4) is 0 Å². The molecule has 0 amide bonds. The van der Waals surface area contributed by atoms with Crippen molar-refractivity contribution in [3.63, 3.8) is 0 Å². The molecular formula is C9H8ClNO6S. The average molecular weight is 294 g/mol. The van der Waals surface area contributed by atoms with E-state index < -0.39 is 21.2 Å². The van der Waals surface area contributed by atoms with Gasteiger partial charge >= 0.3 is 15.3 Å². The van der Waals surface area contributed by atoms with Crippen LogP contribution in [0.15, 0.2) is 18.3 Å². The maximum absolute atomic E-state index is 11.7. The molecule has 1 aliphatic heterocycles. The molecule has 2 rings (SSSR count). The molecule has 0 spiro atoms. The van der Waals surface area contributed by atoms with Crippen molar-refractivity contribution in [1.29, 1.82) is 0 Å². The molecule has 0 saturated carbocycles. The van der Waals surface area contributed by atoms with Gasteiger partial charge in [0.1, 0.15) is 11.7 Å². The molecule has 1 fully saturated rings. The maximum atomic E-state index is 11.7. The average Bonchev–Trinajstić information content (AvgIpc) is 2.21. The monoisotopic (exact) mass is 293 g/mol. The Bertz CT molecular complexity index is 556. The van der Waals surface area contributed by atoms with Crippen LogP contribution in [0.4, 0.5) is 0 Å². The lowest BCUT2D eigenvalue weighted by molar-refractivity contribution is -0.103. The number of carbonyl (C=O) groups is 1. The van der Waals surface area contributed by atoms with Crippen LogP contribution in [0.1, 0.15) is 10.4 Å². The Labute approximate surface area is 107 Å². The molecule has 9 heteroatoms. The number of rotatable bonds is 4. The zero-order valence-corrected chi connectivity index (χ0v) is 10.5. The number of carbonyl (C=O) groups excluding carboxylic acids is 1. The minimum absolute atomic E-state index is 0.117. The van der Waals surface area contributed by atoms with Gasteiger partial charge in [-0.3, -0.25) is 0 Å². The van der Waals surface area contributed by atoms with Gasteiger partial charge in [0.15, 0.2) is 0 Å². The van der Waals surface area contributed by atoms with Crippen molar-refractivity contribution < 1.29 is 26.9 Å². The molecule has 98 valence electrons. The normalized spacial score (nSPS) is 15.8. The number of hydrogen-bond acceptors (Lipinski definition) is 7. The molecule has 0 aromatic carbocycles. The SMILES string of the molecule is O=C(OC1COC1)c1cccnc1OS(=O)(=O)Cl. The van der Waals surface area contributed by atoms with E-state index in [9.17, 15) is 13.2 Å². The smallest absolute Gasteiger partial charge is 0.402 e. The lowest BCUT2D eigenvalue weighted by Crippen LogP contribution is -2.37. The highest BCUT2D eigenvalue weighted by Gasteiger charge is 2.26. The fraction of sp³-hybridized carbons (Fsp3) is 0.333. The van der Waals surface area contributed by atoms with Crippen LogP contribution in [-0.2, 0) is 18.8 Å². The first-order valence-corrected chi connectivity index (χ1v) is 7.07. The molecule has 1 saturated heterocycles. The third kappa shape index (κ3) is 3.31. The molecule has 7 nitrogen and oxygen atoms in total. The van der Waals surface area contributed by atoms with Crippen LogP contribution < -0.4 is 4.18 Å². The Balaban J connectivity index is 2.18. The fourth-order valence-corrected chi connectivity index (χ4v) is 1.70. The van der Waals surface area contributed by atoms with Crippen molar-refractivity contribution in [3.05, 3.63) is 23.9 Å². The molecule has 1 aromatic heterocycles. The second-order valence-corrected chi connectivity index (χ2v) is 5.48. The van der Waals surface area contributed by atoms with Gasteiger partial charge in [0, 0.05) is 6.20 Å². The summed E-state index contributed by atoms with van der Waals surface area (Å²) in [6.07, 6.45) is 0.929. The van der Waals surface area contributed by atoms with Gasteiger partial charge in [-0.05, 0) is 12.1 Å². The number of esters is 1. The maximum Gasteiger partial charge on any atom is 0.402 e. The summed E-state index contributed by atoms with van der Waals surface area (Å²) in [6.45, 7) is 0.631. The van der Waals surface area contributed by atoms with Gasteiger partial charge in [0.05, 0.1) is 23.9 Å². The quantitative estimate of drug-likeness (QED) is 0.589. The van der Waals surface area contributed by atoms with Crippen LogP contribution in [0.2, 0.25) is 0 Å². The van der Waals surface area contributed by atoms with Crippen molar-refractivity contribution in [2.24, 2.45) is 0 Å². The molecule has 18 heavy (non-hydrogen) atoms. The first-order valence-electron chi connectivity index (χ1n) is 4.83. The lowest BCUT2D eigenvalue weighted by Gasteiger charge is -2.25. The highest BCUT2D eigenvalue weighted by molar-refractivity contribution is 8.10. The zero-order chi connectivity index (χ0) is 13.2. The van der Waals surface area contributed by atoms with Crippen molar-refractivity contribution in [2.75, 3.05) is 13.2 Å². The highest BCUT2D eigenvalue weighted by Crippen LogP contribution is 2.20. The van der Waals surface area contributed by atoms with Crippen molar-refractivity contribution in [2.45, 2.75) is 6.10 Å².